The van der Waals surface area contributed by atoms with Crippen molar-refractivity contribution >= 4 is 29.8 Å². The normalized spacial score (nSPS) is 11.1. The van der Waals surface area contributed by atoms with Gasteiger partial charge in [-0.05, 0) is 30.5 Å². The molecule has 2 aromatic carbocycles. The summed E-state index contributed by atoms with van der Waals surface area (Å²) in [5.41, 5.74) is 3.47. The van der Waals surface area contributed by atoms with Crippen LogP contribution in [0.4, 0.5) is 0 Å². The molecule has 0 fully saturated rings. The van der Waals surface area contributed by atoms with Crippen LogP contribution in [0.3, 0.4) is 0 Å². The van der Waals surface area contributed by atoms with Gasteiger partial charge in [-0.2, -0.15) is 0 Å². The van der Waals surface area contributed by atoms with E-state index in [-0.39, 0.29) is 5.91 Å². The molecule has 3 aromatic rings. The summed E-state index contributed by atoms with van der Waals surface area (Å²) in [6.45, 7) is 5.53. The summed E-state index contributed by atoms with van der Waals surface area (Å²) in [4.78, 5) is 19.1. The van der Waals surface area contributed by atoms with Crippen LogP contribution in [-0.2, 0) is 11.3 Å². The number of aryl methyl sites for hydroxylation is 1. The fourth-order valence-electron chi connectivity index (χ4n) is 2.83. The lowest BCUT2D eigenvalue weighted by Crippen LogP contribution is -2.32. The van der Waals surface area contributed by atoms with E-state index in [1.807, 2.05) is 47.4 Å². The first-order chi connectivity index (χ1) is 14.1. The van der Waals surface area contributed by atoms with E-state index in [0.29, 0.717) is 23.3 Å². The molecule has 1 aromatic heterocycles. The maximum absolute atomic E-state index is 12.7. The van der Waals surface area contributed by atoms with Crippen LogP contribution in [0.25, 0.3) is 12.2 Å². The summed E-state index contributed by atoms with van der Waals surface area (Å²) in [7, 11) is 0. The number of rotatable bonds is 9. The first-order valence-corrected chi connectivity index (χ1v) is 10.7. The molecule has 0 unspecified atom stereocenters. The number of nitrogens with zero attached hydrogens (tertiary/aromatic N) is 3. The van der Waals surface area contributed by atoms with E-state index in [4.69, 9.17) is 0 Å². The first-order valence-electron chi connectivity index (χ1n) is 9.75. The van der Waals surface area contributed by atoms with Crippen LogP contribution >= 0.6 is 11.8 Å². The Balaban J connectivity index is 1.55. The van der Waals surface area contributed by atoms with Gasteiger partial charge in [0.05, 0.1) is 5.75 Å². The molecule has 0 saturated heterocycles. The number of aromatic nitrogens is 3. The van der Waals surface area contributed by atoms with Crippen LogP contribution < -0.4 is 0 Å². The Kier molecular flexibility index (Phi) is 7.64. The second-order valence-electron chi connectivity index (χ2n) is 6.84. The number of thioether (sulfide) groups is 1. The fraction of sp³-hybridized carbons (Fsp3) is 0.261. The Morgan fingerprint density at radius 1 is 1.10 bits per heavy atom. The van der Waals surface area contributed by atoms with Gasteiger partial charge in [-0.15, -0.1) is 5.10 Å². The molecule has 0 saturated carbocycles. The zero-order valence-corrected chi connectivity index (χ0v) is 17.7. The topological polar surface area (TPSA) is 61.9 Å². The molecule has 0 aliphatic rings. The zero-order chi connectivity index (χ0) is 20.5. The van der Waals surface area contributed by atoms with Crippen molar-refractivity contribution in [2.45, 2.75) is 32.0 Å². The van der Waals surface area contributed by atoms with Gasteiger partial charge in [0.1, 0.15) is 5.82 Å². The smallest absolute Gasteiger partial charge is 0.233 e. The first kappa shape index (κ1) is 20.9. The zero-order valence-electron chi connectivity index (χ0n) is 16.8. The molecule has 0 spiro atoms. The molecule has 3 rings (SSSR count). The fourth-order valence-corrected chi connectivity index (χ4v) is 3.54. The van der Waals surface area contributed by atoms with Crippen molar-refractivity contribution in [2.75, 3.05) is 12.3 Å². The van der Waals surface area contributed by atoms with Crippen molar-refractivity contribution in [1.82, 2.24) is 20.1 Å². The van der Waals surface area contributed by atoms with Gasteiger partial charge in [0.15, 0.2) is 0 Å². The predicted octanol–water partition coefficient (Wildman–Crippen LogP) is 4.81. The lowest BCUT2D eigenvalue weighted by Gasteiger charge is -2.22. The Bertz CT molecular complexity index is 935. The molecule has 150 valence electrons. The van der Waals surface area contributed by atoms with E-state index >= 15 is 0 Å². The molecule has 6 heteroatoms. The van der Waals surface area contributed by atoms with E-state index in [9.17, 15) is 4.79 Å². The molecule has 0 aliphatic carbocycles. The standard InChI is InChI=1S/C23H26N4OS/c1-3-15-27(16-20-11-9-18(2)10-12-20)22(28)17-29-23-24-21(25-26-23)14-13-19-7-5-4-6-8-19/h4-14H,3,15-17H2,1-2H3,(H,24,25,26)/b14-13+. The molecule has 0 aliphatic heterocycles. The maximum Gasteiger partial charge on any atom is 0.233 e. The number of hydrogen-bond donors (Lipinski definition) is 1. The lowest BCUT2D eigenvalue weighted by atomic mass is 10.1. The highest BCUT2D eigenvalue weighted by Gasteiger charge is 2.15. The number of amides is 1. The summed E-state index contributed by atoms with van der Waals surface area (Å²) in [5, 5.41) is 7.69. The Morgan fingerprint density at radius 3 is 2.59 bits per heavy atom. The maximum atomic E-state index is 12.7. The summed E-state index contributed by atoms with van der Waals surface area (Å²) >= 11 is 1.36. The second kappa shape index (κ2) is 10.6. The number of hydrogen-bond acceptors (Lipinski definition) is 4. The van der Waals surface area contributed by atoms with Crippen molar-refractivity contribution in [1.29, 1.82) is 0 Å². The quantitative estimate of drug-likeness (QED) is 0.518. The summed E-state index contributed by atoms with van der Waals surface area (Å²) in [5.74, 6) is 1.10. The summed E-state index contributed by atoms with van der Waals surface area (Å²) in [6, 6.07) is 18.3. The Morgan fingerprint density at radius 2 is 1.86 bits per heavy atom. The highest BCUT2D eigenvalue weighted by Crippen LogP contribution is 2.16. The molecule has 1 heterocycles. The minimum atomic E-state index is 0.101. The van der Waals surface area contributed by atoms with Crippen molar-refractivity contribution in [3.05, 3.63) is 77.1 Å². The molecule has 1 N–H and O–H groups in total. The van der Waals surface area contributed by atoms with Gasteiger partial charge in [0, 0.05) is 13.1 Å². The summed E-state index contributed by atoms with van der Waals surface area (Å²) in [6.07, 6.45) is 4.79. The van der Waals surface area contributed by atoms with Crippen molar-refractivity contribution in [3.63, 3.8) is 0 Å². The van der Waals surface area contributed by atoms with E-state index in [2.05, 4.69) is 53.3 Å². The third-order valence-corrected chi connectivity index (χ3v) is 5.21. The molecule has 0 bridgehead atoms. The van der Waals surface area contributed by atoms with E-state index in [0.717, 1.165) is 24.1 Å². The molecular weight excluding hydrogens is 380 g/mol. The van der Waals surface area contributed by atoms with Crippen molar-refractivity contribution in [2.24, 2.45) is 0 Å². The molecular formula is C23H26N4OS. The highest BCUT2D eigenvalue weighted by atomic mass is 32.2. The van der Waals surface area contributed by atoms with Gasteiger partial charge >= 0.3 is 0 Å². The van der Waals surface area contributed by atoms with Crippen molar-refractivity contribution in [3.8, 4) is 0 Å². The van der Waals surface area contributed by atoms with Crippen LogP contribution in [-0.4, -0.2) is 38.3 Å². The molecule has 5 nitrogen and oxygen atoms in total. The molecule has 0 radical (unpaired) electrons. The average molecular weight is 407 g/mol. The van der Waals surface area contributed by atoms with Gasteiger partial charge in [0.2, 0.25) is 11.1 Å². The molecule has 29 heavy (non-hydrogen) atoms. The largest absolute Gasteiger partial charge is 0.338 e. The second-order valence-corrected chi connectivity index (χ2v) is 7.78. The van der Waals surface area contributed by atoms with Crippen LogP contribution in [0.2, 0.25) is 0 Å². The third-order valence-electron chi connectivity index (χ3n) is 4.38. The van der Waals surface area contributed by atoms with E-state index in [1.165, 1.54) is 17.3 Å². The van der Waals surface area contributed by atoms with Gasteiger partial charge in [-0.3, -0.25) is 9.89 Å². The van der Waals surface area contributed by atoms with E-state index in [1.54, 1.807) is 0 Å². The monoisotopic (exact) mass is 406 g/mol. The predicted molar refractivity (Wildman–Crippen MR) is 119 cm³/mol. The summed E-state index contributed by atoms with van der Waals surface area (Å²) < 4.78 is 0. The SMILES string of the molecule is CCCN(Cc1ccc(C)cc1)C(=O)CSc1n[nH]c(/C=C/c2ccccc2)n1. The Labute approximate surface area is 176 Å². The minimum Gasteiger partial charge on any atom is -0.338 e. The van der Waals surface area contributed by atoms with Crippen LogP contribution in [0.5, 0.6) is 0 Å². The van der Waals surface area contributed by atoms with Gasteiger partial charge in [-0.1, -0.05) is 84.9 Å². The number of nitrogens with one attached hydrogen (secondary N) is 1. The van der Waals surface area contributed by atoms with Crippen LogP contribution in [0, 0.1) is 6.92 Å². The highest BCUT2D eigenvalue weighted by molar-refractivity contribution is 7.99. The minimum absolute atomic E-state index is 0.101. The van der Waals surface area contributed by atoms with Crippen LogP contribution in [0.1, 0.15) is 35.9 Å². The number of H-pyrrole nitrogens is 1. The molecule has 0 atom stereocenters. The van der Waals surface area contributed by atoms with Gasteiger partial charge in [0.25, 0.3) is 0 Å². The Hall–Kier alpha value is -2.86. The van der Waals surface area contributed by atoms with Crippen LogP contribution in [0.15, 0.2) is 59.8 Å². The van der Waals surface area contributed by atoms with Gasteiger partial charge < -0.3 is 4.90 Å². The average Bonchev–Trinajstić information content (AvgIpc) is 3.20. The number of benzene rings is 2. The number of carbonyl (C=O) groups is 1. The van der Waals surface area contributed by atoms with Crippen molar-refractivity contribution < 1.29 is 4.79 Å². The lowest BCUT2D eigenvalue weighted by molar-refractivity contribution is -0.129. The van der Waals surface area contributed by atoms with Gasteiger partial charge in [-0.25, -0.2) is 4.98 Å². The van der Waals surface area contributed by atoms with E-state index < -0.39 is 0 Å². The third kappa shape index (κ3) is 6.61. The molecule has 1 amide bonds. The number of aromatic amines is 1. The number of carbonyl (C=O) groups excluding carboxylic acids is 1.